The van der Waals surface area contributed by atoms with Crippen LogP contribution in [0.3, 0.4) is 0 Å². The lowest BCUT2D eigenvalue weighted by Crippen LogP contribution is -2.41. The number of nitrogens with zero attached hydrogens (tertiary/aromatic N) is 3. The third-order valence-corrected chi connectivity index (χ3v) is 10.0. The molecule has 0 radical (unpaired) electrons. The molecule has 248 valence electrons. The Bertz CT molecular complexity index is 2270. The summed E-state index contributed by atoms with van der Waals surface area (Å²) < 4.78 is 12.6. The first-order valence-corrected chi connectivity index (χ1v) is 17.4. The van der Waals surface area contributed by atoms with E-state index in [1.54, 1.807) is 0 Å². The number of hydrogen-bond donors (Lipinski definition) is 0. The highest BCUT2D eigenvalue weighted by Crippen LogP contribution is 2.37. The third kappa shape index (κ3) is 6.64. The van der Waals surface area contributed by atoms with Gasteiger partial charge in [-0.05, 0) is 66.5 Å². The van der Waals surface area contributed by atoms with Crippen molar-refractivity contribution in [3.05, 3.63) is 158 Å². The van der Waals surface area contributed by atoms with Crippen molar-refractivity contribution in [1.82, 2.24) is 15.0 Å². The standard InChI is InChI=1S/C45H38BN3O2/c1-44(2)45(3,4)51-46(50-44)40-17-11-16-39(30-40)35-20-18-33(19-21-35)34-24-28-38(29-25-34)43-48-41(36-14-9-6-10-15-36)47-42(49-43)37-26-22-32(23-27-37)31-12-7-5-8-13-31/h5-30H,1-4H3. The first-order chi connectivity index (χ1) is 24.7. The molecule has 0 amide bonds. The van der Waals surface area contributed by atoms with Gasteiger partial charge in [0.1, 0.15) is 0 Å². The van der Waals surface area contributed by atoms with Crippen molar-refractivity contribution in [2.45, 2.75) is 38.9 Å². The maximum Gasteiger partial charge on any atom is 0.494 e. The lowest BCUT2D eigenvalue weighted by Gasteiger charge is -2.32. The highest BCUT2D eigenvalue weighted by Gasteiger charge is 2.51. The van der Waals surface area contributed by atoms with Gasteiger partial charge in [-0.25, -0.2) is 15.0 Å². The maximum absolute atomic E-state index is 6.30. The van der Waals surface area contributed by atoms with Gasteiger partial charge in [0.15, 0.2) is 17.5 Å². The van der Waals surface area contributed by atoms with Crippen LogP contribution >= 0.6 is 0 Å². The first kappa shape index (κ1) is 32.5. The van der Waals surface area contributed by atoms with E-state index in [4.69, 9.17) is 24.3 Å². The molecule has 6 aromatic carbocycles. The Kier molecular flexibility index (Phi) is 8.43. The minimum absolute atomic E-state index is 0.379. The lowest BCUT2D eigenvalue weighted by molar-refractivity contribution is 0.00578. The van der Waals surface area contributed by atoms with E-state index in [1.807, 2.05) is 36.4 Å². The molecule has 1 aliphatic rings. The zero-order valence-electron chi connectivity index (χ0n) is 29.2. The molecule has 7 aromatic rings. The third-order valence-electron chi connectivity index (χ3n) is 10.0. The van der Waals surface area contributed by atoms with E-state index in [1.165, 1.54) is 5.56 Å². The van der Waals surface area contributed by atoms with Crippen molar-refractivity contribution in [1.29, 1.82) is 0 Å². The fourth-order valence-corrected chi connectivity index (χ4v) is 6.30. The predicted molar refractivity (Wildman–Crippen MR) is 208 cm³/mol. The SMILES string of the molecule is CC1(C)OB(c2cccc(-c3ccc(-c4ccc(-c5nc(-c6ccccc6)nc(-c6ccc(-c7ccccc7)cc6)n5)cc4)cc3)c2)OC1(C)C. The van der Waals surface area contributed by atoms with E-state index >= 15 is 0 Å². The van der Waals surface area contributed by atoms with Crippen LogP contribution in [-0.4, -0.2) is 33.3 Å². The van der Waals surface area contributed by atoms with Crippen molar-refractivity contribution in [2.75, 3.05) is 0 Å². The summed E-state index contributed by atoms with van der Waals surface area (Å²) in [5, 5.41) is 0. The summed E-state index contributed by atoms with van der Waals surface area (Å²) in [6.45, 7) is 8.32. The lowest BCUT2D eigenvalue weighted by atomic mass is 9.78. The molecule has 0 N–H and O–H groups in total. The van der Waals surface area contributed by atoms with Crippen LogP contribution in [0.5, 0.6) is 0 Å². The maximum atomic E-state index is 6.30. The highest BCUT2D eigenvalue weighted by molar-refractivity contribution is 6.62. The Labute approximate surface area is 300 Å². The van der Waals surface area contributed by atoms with Crippen LogP contribution < -0.4 is 5.46 Å². The number of aromatic nitrogens is 3. The van der Waals surface area contributed by atoms with Crippen molar-refractivity contribution in [2.24, 2.45) is 0 Å². The minimum Gasteiger partial charge on any atom is -0.399 e. The normalized spacial score (nSPS) is 14.8. The average Bonchev–Trinajstić information content (AvgIpc) is 3.41. The molecule has 0 atom stereocenters. The van der Waals surface area contributed by atoms with E-state index in [2.05, 4.69) is 149 Å². The monoisotopic (exact) mass is 663 g/mol. The molecule has 0 saturated carbocycles. The average molecular weight is 664 g/mol. The van der Waals surface area contributed by atoms with Crippen LogP contribution in [0.25, 0.3) is 67.5 Å². The van der Waals surface area contributed by atoms with Gasteiger partial charge in [0.05, 0.1) is 11.2 Å². The molecule has 0 unspecified atom stereocenters. The molecule has 0 bridgehead atoms. The van der Waals surface area contributed by atoms with Gasteiger partial charge < -0.3 is 9.31 Å². The molecule has 2 heterocycles. The summed E-state index contributed by atoms with van der Waals surface area (Å²) in [4.78, 5) is 14.8. The van der Waals surface area contributed by atoms with Crippen molar-refractivity contribution < 1.29 is 9.31 Å². The molecule has 1 fully saturated rings. The van der Waals surface area contributed by atoms with Crippen LogP contribution in [0, 0.1) is 0 Å². The van der Waals surface area contributed by atoms with E-state index in [9.17, 15) is 0 Å². The van der Waals surface area contributed by atoms with Gasteiger partial charge in [-0.3, -0.25) is 0 Å². The van der Waals surface area contributed by atoms with Crippen LogP contribution in [0.4, 0.5) is 0 Å². The van der Waals surface area contributed by atoms with Crippen LogP contribution in [0.1, 0.15) is 27.7 Å². The Hall–Kier alpha value is -5.69. The van der Waals surface area contributed by atoms with Gasteiger partial charge in [-0.15, -0.1) is 0 Å². The van der Waals surface area contributed by atoms with Gasteiger partial charge in [0.25, 0.3) is 0 Å². The summed E-state index contributed by atoms with van der Waals surface area (Å²) in [5.41, 5.74) is 9.90. The zero-order valence-corrected chi connectivity index (χ0v) is 29.2. The summed E-state index contributed by atoms with van der Waals surface area (Å²) in [6, 6.07) is 54.4. The molecule has 0 spiro atoms. The number of rotatable bonds is 7. The van der Waals surface area contributed by atoms with Gasteiger partial charge in [-0.2, -0.15) is 0 Å². The summed E-state index contributed by atoms with van der Waals surface area (Å²) in [6.07, 6.45) is 0. The molecule has 0 aliphatic carbocycles. The zero-order chi connectivity index (χ0) is 35.0. The fraction of sp³-hybridized carbons (Fsp3) is 0.133. The van der Waals surface area contributed by atoms with Gasteiger partial charge in [0.2, 0.25) is 0 Å². The van der Waals surface area contributed by atoms with Gasteiger partial charge >= 0.3 is 7.12 Å². The van der Waals surface area contributed by atoms with E-state index in [0.717, 1.165) is 50.0 Å². The predicted octanol–water partition coefficient (Wildman–Crippen LogP) is 10.2. The molecule has 1 aromatic heterocycles. The molecular weight excluding hydrogens is 625 g/mol. The van der Waals surface area contributed by atoms with Gasteiger partial charge in [0, 0.05) is 16.7 Å². The van der Waals surface area contributed by atoms with E-state index in [-0.39, 0.29) is 11.2 Å². The smallest absolute Gasteiger partial charge is 0.399 e. The minimum atomic E-state index is -0.392. The Morgan fingerprint density at radius 1 is 0.353 bits per heavy atom. The molecule has 5 nitrogen and oxygen atoms in total. The first-order valence-electron chi connectivity index (χ1n) is 17.4. The van der Waals surface area contributed by atoms with Crippen LogP contribution in [0.15, 0.2) is 158 Å². The Balaban J connectivity index is 1.05. The molecule has 6 heteroatoms. The second-order valence-corrected chi connectivity index (χ2v) is 14.0. The molecule has 51 heavy (non-hydrogen) atoms. The molecule has 8 rings (SSSR count). The summed E-state index contributed by atoms with van der Waals surface area (Å²) in [7, 11) is -0.392. The second-order valence-electron chi connectivity index (χ2n) is 14.0. The fourth-order valence-electron chi connectivity index (χ4n) is 6.30. The Morgan fingerprint density at radius 2 is 0.667 bits per heavy atom. The molecule has 1 saturated heterocycles. The summed E-state index contributed by atoms with van der Waals surface area (Å²) in [5.74, 6) is 1.92. The highest BCUT2D eigenvalue weighted by atomic mass is 16.7. The van der Waals surface area contributed by atoms with Gasteiger partial charge in [-0.1, -0.05) is 158 Å². The quantitative estimate of drug-likeness (QED) is 0.159. The Morgan fingerprint density at radius 3 is 1.10 bits per heavy atom. The number of hydrogen-bond acceptors (Lipinski definition) is 5. The van der Waals surface area contributed by atoms with E-state index in [0.29, 0.717) is 17.5 Å². The van der Waals surface area contributed by atoms with Crippen molar-refractivity contribution in [3.8, 4) is 67.5 Å². The largest absolute Gasteiger partial charge is 0.494 e. The topological polar surface area (TPSA) is 57.1 Å². The summed E-state index contributed by atoms with van der Waals surface area (Å²) >= 11 is 0. The number of benzene rings is 6. The molecule has 1 aliphatic heterocycles. The van der Waals surface area contributed by atoms with Crippen molar-refractivity contribution in [3.63, 3.8) is 0 Å². The van der Waals surface area contributed by atoms with E-state index < -0.39 is 7.12 Å². The van der Waals surface area contributed by atoms with Crippen LogP contribution in [-0.2, 0) is 9.31 Å². The molecular formula is C45H38BN3O2. The second kappa shape index (κ2) is 13.2. The van der Waals surface area contributed by atoms with Crippen molar-refractivity contribution >= 4 is 12.6 Å². The van der Waals surface area contributed by atoms with Crippen LogP contribution in [0.2, 0.25) is 0 Å².